The Morgan fingerprint density at radius 1 is 0.510 bits per heavy atom. The smallest absolute Gasteiger partial charge is 0.326 e. The van der Waals surface area contributed by atoms with Crippen molar-refractivity contribution in [2.24, 2.45) is 5.73 Å². The van der Waals surface area contributed by atoms with E-state index in [1.165, 1.54) is 0 Å². The first-order chi connectivity index (χ1) is 24.5. The van der Waals surface area contributed by atoms with Gasteiger partial charge in [0, 0.05) is 29.3 Å². The van der Waals surface area contributed by atoms with Crippen molar-refractivity contribution < 1.29 is 24.3 Å². The lowest BCUT2D eigenvalue weighted by Crippen LogP contribution is -2.58. The molecule has 5 rings (SSSR count). The summed E-state index contributed by atoms with van der Waals surface area (Å²) in [4.78, 5) is 53.7. The first-order valence-electron chi connectivity index (χ1n) is 16.4. The minimum atomic E-state index is -1.30. The van der Waals surface area contributed by atoms with Gasteiger partial charge in [0.15, 0.2) is 0 Å². The van der Waals surface area contributed by atoms with Crippen LogP contribution in [-0.2, 0) is 44.9 Å². The van der Waals surface area contributed by atoms with E-state index in [4.69, 9.17) is 28.9 Å². The second-order valence-electron chi connectivity index (χ2n) is 12.4. The summed E-state index contributed by atoms with van der Waals surface area (Å²) in [6, 6.07) is 31.6. The third-order valence-electron chi connectivity index (χ3n) is 8.48. The van der Waals surface area contributed by atoms with E-state index in [0.29, 0.717) is 21.2 Å². The standard InChI is InChI=1S/C40H38Cl2N4O5/c41-31-16-11-26(12-17-31)22-34(44-37(47)33(43)21-25-6-2-1-3-7-25)38(48)45-35(24-28-10-15-29-8-4-5-9-30(29)20-28)39(49)46-36(40(50)51)23-27-13-18-32(42)19-14-27/h1-20,33-36H,21-24,43H2,(H,44,47)(H,45,48)(H,46,49)(H,50,51)/t33-,34+,35-,36+/m0/s1. The Hall–Kier alpha value is -5.22. The molecular formula is C40H38Cl2N4O5. The zero-order chi connectivity index (χ0) is 36.3. The number of carbonyl (C=O) groups is 4. The molecule has 5 aromatic carbocycles. The van der Waals surface area contributed by atoms with Crippen LogP contribution in [0.4, 0.5) is 0 Å². The van der Waals surface area contributed by atoms with Gasteiger partial charge in [0.1, 0.15) is 18.1 Å². The number of nitrogens with one attached hydrogen (secondary N) is 3. The van der Waals surface area contributed by atoms with Gasteiger partial charge in [-0.3, -0.25) is 14.4 Å². The summed E-state index contributed by atoms with van der Waals surface area (Å²) < 4.78 is 0. The molecule has 0 unspecified atom stereocenters. The van der Waals surface area contributed by atoms with Gasteiger partial charge in [-0.15, -0.1) is 0 Å². The third kappa shape index (κ3) is 10.9. The highest BCUT2D eigenvalue weighted by Gasteiger charge is 2.31. The number of carboxylic acids is 1. The van der Waals surface area contributed by atoms with E-state index < -0.39 is 47.9 Å². The molecule has 0 aliphatic carbocycles. The van der Waals surface area contributed by atoms with Gasteiger partial charge in [-0.2, -0.15) is 0 Å². The molecule has 0 radical (unpaired) electrons. The zero-order valence-electron chi connectivity index (χ0n) is 27.6. The van der Waals surface area contributed by atoms with Gasteiger partial charge in [-0.25, -0.2) is 4.79 Å². The van der Waals surface area contributed by atoms with Crippen LogP contribution in [0.15, 0.2) is 121 Å². The Bertz CT molecular complexity index is 1970. The number of benzene rings is 5. The van der Waals surface area contributed by atoms with E-state index in [-0.39, 0.29) is 25.7 Å². The SMILES string of the molecule is N[C@@H](Cc1ccccc1)C(=O)N[C@H](Cc1ccc(Cl)cc1)C(=O)N[C@@H](Cc1ccc2ccccc2c1)C(=O)N[C@H](Cc1ccc(Cl)cc1)C(=O)O. The predicted octanol–water partition coefficient (Wildman–Crippen LogP) is 5.28. The molecule has 0 aromatic heterocycles. The Morgan fingerprint density at radius 3 is 1.51 bits per heavy atom. The Kier molecular flexibility index (Phi) is 12.8. The maximum absolute atomic E-state index is 14.1. The number of fused-ring (bicyclic) bond motifs is 1. The average molecular weight is 726 g/mol. The van der Waals surface area contributed by atoms with E-state index in [2.05, 4.69) is 16.0 Å². The summed E-state index contributed by atoms with van der Waals surface area (Å²) in [7, 11) is 0. The minimum absolute atomic E-state index is 0.0105. The van der Waals surface area contributed by atoms with Crippen LogP contribution in [0.25, 0.3) is 10.8 Å². The molecule has 0 heterocycles. The fraction of sp³-hybridized carbons (Fsp3) is 0.200. The van der Waals surface area contributed by atoms with Crippen LogP contribution in [0.3, 0.4) is 0 Å². The number of hydrogen-bond donors (Lipinski definition) is 5. The summed E-state index contributed by atoms with van der Waals surface area (Å²) in [5.74, 6) is -3.13. The Morgan fingerprint density at radius 2 is 0.941 bits per heavy atom. The highest BCUT2D eigenvalue weighted by Crippen LogP contribution is 2.18. The molecule has 0 saturated carbocycles. The maximum atomic E-state index is 14.1. The third-order valence-corrected chi connectivity index (χ3v) is 8.98. The van der Waals surface area contributed by atoms with Crippen LogP contribution in [0, 0.1) is 0 Å². The number of amides is 3. The minimum Gasteiger partial charge on any atom is -0.480 e. The van der Waals surface area contributed by atoms with E-state index in [1.807, 2.05) is 72.8 Å². The highest BCUT2D eigenvalue weighted by molar-refractivity contribution is 6.30. The van der Waals surface area contributed by atoms with E-state index in [9.17, 15) is 24.3 Å². The molecule has 0 saturated heterocycles. The molecule has 0 fully saturated rings. The van der Waals surface area contributed by atoms with Gasteiger partial charge in [0.2, 0.25) is 17.7 Å². The van der Waals surface area contributed by atoms with E-state index >= 15 is 0 Å². The van der Waals surface area contributed by atoms with Gasteiger partial charge in [0.25, 0.3) is 0 Å². The first kappa shape index (κ1) is 37.0. The topological polar surface area (TPSA) is 151 Å². The molecule has 5 aromatic rings. The molecule has 4 atom stereocenters. The average Bonchev–Trinajstić information content (AvgIpc) is 3.12. The molecule has 262 valence electrons. The number of carboxylic acid groups (broad SMARTS) is 1. The largest absolute Gasteiger partial charge is 0.480 e. The quantitative estimate of drug-likeness (QED) is 0.0992. The molecule has 9 nitrogen and oxygen atoms in total. The van der Waals surface area contributed by atoms with Gasteiger partial charge < -0.3 is 26.8 Å². The van der Waals surface area contributed by atoms with Gasteiger partial charge in [0.05, 0.1) is 6.04 Å². The molecule has 51 heavy (non-hydrogen) atoms. The molecule has 0 spiro atoms. The number of halogens is 2. The molecule has 0 aliphatic heterocycles. The van der Waals surface area contributed by atoms with Crippen molar-refractivity contribution >= 4 is 57.7 Å². The second-order valence-corrected chi connectivity index (χ2v) is 13.2. The first-order valence-corrected chi connectivity index (χ1v) is 17.2. The van der Waals surface area contributed by atoms with Crippen LogP contribution in [0.5, 0.6) is 0 Å². The number of hydrogen-bond acceptors (Lipinski definition) is 5. The molecule has 6 N–H and O–H groups in total. The van der Waals surface area contributed by atoms with E-state index in [1.54, 1.807) is 48.5 Å². The van der Waals surface area contributed by atoms with Crippen molar-refractivity contribution in [1.29, 1.82) is 0 Å². The fourth-order valence-corrected chi connectivity index (χ4v) is 5.97. The number of carbonyl (C=O) groups excluding carboxylic acids is 3. The lowest BCUT2D eigenvalue weighted by atomic mass is 9.99. The molecule has 11 heteroatoms. The number of rotatable bonds is 15. The van der Waals surface area contributed by atoms with Crippen molar-refractivity contribution in [3.05, 3.63) is 154 Å². The van der Waals surface area contributed by atoms with Gasteiger partial charge >= 0.3 is 5.97 Å². The summed E-state index contributed by atoms with van der Waals surface area (Å²) in [5, 5.41) is 21.2. The maximum Gasteiger partial charge on any atom is 0.326 e. The van der Waals surface area contributed by atoms with Gasteiger partial charge in [-0.1, -0.05) is 120 Å². The lowest BCUT2D eigenvalue weighted by molar-refractivity contribution is -0.142. The van der Waals surface area contributed by atoms with Crippen molar-refractivity contribution in [3.8, 4) is 0 Å². The molecule has 0 bridgehead atoms. The predicted molar refractivity (Wildman–Crippen MR) is 200 cm³/mol. The summed E-state index contributed by atoms with van der Waals surface area (Å²) >= 11 is 12.1. The summed E-state index contributed by atoms with van der Waals surface area (Å²) in [6.45, 7) is 0. The van der Waals surface area contributed by atoms with Crippen LogP contribution in [0.1, 0.15) is 22.3 Å². The van der Waals surface area contributed by atoms with Crippen molar-refractivity contribution in [3.63, 3.8) is 0 Å². The second kappa shape index (κ2) is 17.6. The van der Waals surface area contributed by atoms with Crippen LogP contribution < -0.4 is 21.7 Å². The number of aliphatic carboxylic acids is 1. The Labute approximate surface area is 306 Å². The van der Waals surface area contributed by atoms with Crippen LogP contribution in [0.2, 0.25) is 10.0 Å². The van der Waals surface area contributed by atoms with Crippen molar-refractivity contribution in [2.45, 2.75) is 49.9 Å². The molecular weight excluding hydrogens is 687 g/mol. The fourth-order valence-electron chi connectivity index (χ4n) is 5.72. The Balaban J connectivity index is 1.40. The number of nitrogens with two attached hydrogens (primary N) is 1. The van der Waals surface area contributed by atoms with Crippen LogP contribution >= 0.6 is 23.2 Å². The van der Waals surface area contributed by atoms with Crippen LogP contribution in [-0.4, -0.2) is 53.0 Å². The van der Waals surface area contributed by atoms with Crippen molar-refractivity contribution in [1.82, 2.24) is 16.0 Å². The summed E-state index contributed by atoms with van der Waals surface area (Å²) in [6.07, 6.45) is 0.360. The lowest BCUT2D eigenvalue weighted by Gasteiger charge is -2.26. The monoisotopic (exact) mass is 724 g/mol. The molecule has 3 amide bonds. The van der Waals surface area contributed by atoms with E-state index in [0.717, 1.165) is 21.9 Å². The zero-order valence-corrected chi connectivity index (χ0v) is 29.1. The van der Waals surface area contributed by atoms with Gasteiger partial charge in [-0.05, 0) is 63.7 Å². The molecule has 0 aliphatic rings. The normalized spacial score (nSPS) is 13.4. The highest BCUT2D eigenvalue weighted by atomic mass is 35.5. The summed E-state index contributed by atoms with van der Waals surface area (Å²) in [5.41, 5.74) is 9.23. The van der Waals surface area contributed by atoms with Crippen molar-refractivity contribution in [2.75, 3.05) is 0 Å².